The molecule has 8 nitrogen and oxygen atoms in total. The Morgan fingerprint density at radius 2 is 1.83 bits per heavy atom. The monoisotopic (exact) mass is 347 g/mol. The fourth-order valence-electron chi connectivity index (χ4n) is 2.57. The van der Waals surface area contributed by atoms with Crippen LogP contribution in [0.3, 0.4) is 0 Å². The summed E-state index contributed by atoms with van der Waals surface area (Å²) in [4.78, 5) is 2.29. The lowest BCUT2D eigenvalue weighted by Gasteiger charge is -2.33. The molecule has 2 heterocycles. The molecule has 9 heteroatoms. The maximum Gasteiger partial charge on any atom is 0.243 e. The van der Waals surface area contributed by atoms with Crippen molar-refractivity contribution in [3.8, 4) is 6.07 Å². The fourth-order valence-corrected chi connectivity index (χ4v) is 3.99. The number of aryl methyl sites for hydroxylation is 1. The van der Waals surface area contributed by atoms with E-state index in [2.05, 4.69) is 15.1 Å². The smallest absolute Gasteiger partial charge is 0.243 e. The Kier molecular flexibility index (Phi) is 4.62. The molecule has 0 bridgehead atoms. The van der Waals surface area contributed by atoms with Crippen molar-refractivity contribution in [3.05, 3.63) is 41.6 Å². The van der Waals surface area contributed by atoms with Gasteiger partial charge in [0.05, 0.1) is 23.1 Å². The van der Waals surface area contributed by atoms with Crippen LogP contribution in [-0.4, -0.2) is 54.0 Å². The molecule has 1 saturated heterocycles. The number of rotatable bonds is 4. The summed E-state index contributed by atoms with van der Waals surface area (Å²) < 4.78 is 32.1. The summed E-state index contributed by atoms with van der Waals surface area (Å²) in [5.74, 6) is 1.06. The van der Waals surface area contributed by atoms with E-state index >= 15 is 0 Å². The predicted octanol–water partition coefficient (Wildman–Crippen LogP) is 0.756. The molecule has 0 unspecified atom stereocenters. The molecule has 2 aromatic rings. The van der Waals surface area contributed by atoms with Gasteiger partial charge in [0.1, 0.15) is 0 Å². The first-order valence-electron chi connectivity index (χ1n) is 7.51. The molecule has 0 amide bonds. The minimum absolute atomic E-state index is 0.211. The summed E-state index contributed by atoms with van der Waals surface area (Å²) in [5.41, 5.74) is 0.439. The predicted molar refractivity (Wildman–Crippen MR) is 84.2 cm³/mol. The van der Waals surface area contributed by atoms with E-state index < -0.39 is 10.0 Å². The average molecular weight is 347 g/mol. The van der Waals surface area contributed by atoms with Gasteiger partial charge >= 0.3 is 0 Å². The Morgan fingerprint density at radius 3 is 2.38 bits per heavy atom. The molecule has 0 atom stereocenters. The van der Waals surface area contributed by atoms with E-state index in [0.717, 1.165) is 0 Å². The van der Waals surface area contributed by atoms with Crippen LogP contribution in [0, 0.1) is 18.3 Å². The van der Waals surface area contributed by atoms with Crippen molar-refractivity contribution < 1.29 is 12.8 Å². The summed E-state index contributed by atoms with van der Waals surface area (Å²) in [5, 5.41) is 16.5. The first-order chi connectivity index (χ1) is 11.5. The Balaban J connectivity index is 1.63. The molecule has 1 aliphatic rings. The molecule has 0 aliphatic carbocycles. The van der Waals surface area contributed by atoms with Crippen molar-refractivity contribution in [2.24, 2.45) is 0 Å². The number of hydrogen-bond donors (Lipinski definition) is 0. The Bertz CT molecular complexity index is 846. The van der Waals surface area contributed by atoms with E-state index in [0.29, 0.717) is 50.1 Å². The van der Waals surface area contributed by atoms with Gasteiger partial charge in [0.15, 0.2) is 0 Å². The number of benzene rings is 1. The van der Waals surface area contributed by atoms with E-state index in [1.807, 2.05) is 6.07 Å². The highest BCUT2D eigenvalue weighted by Crippen LogP contribution is 2.18. The second-order valence-electron chi connectivity index (χ2n) is 5.53. The third-order valence-electron chi connectivity index (χ3n) is 3.88. The quantitative estimate of drug-likeness (QED) is 0.804. The van der Waals surface area contributed by atoms with Crippen LogP contribution < -0.4 is 0 Å². The van der Waals surface area contributed by atoms with Gasteiger partial charge < -0.3 is 4.42 Å². The molecule has 24 heavy (non-hydrogen) atoms. The third kappa shape index (κ3) is 3.46. The molecule has 0 radical (unpaired) electrons. The van der Waals surface area contributed by atoms with Crippen LogP contribution in [0.25, 0.3) is 0 Å². The third-order valence-corrected chi connectivity index (χ3v) is 5.79. The van der Waals surface area contributed by atoms with Gasteiger partial charge in [0.2, 0.25) is 21.8 Å². The Labute approximate surface area is 140 Å². The van der Waals surface area contributed by atoms with Crippen molar-refractivity contribution >= 4 is 10.0 Å². The SMILES string of the molecule is Cc1nnc(CN2CCN(S(=O)(=O)c3ccc(C#N)cc3)CC2)o1. The number of nitrogens with zero attached hydrogens (tertiary/aromatic N) is 5. The molecule has 0 N–H and O–H groups in total. The lowest BCUT2D eigenvalue weighted by atomic mass is 10.2. The first kappa shape index (κ1) is 16.6. The van der Waals surface area contributed by atoms with Crippen molar-refractivity contribution in [2.45, 2.75) is 18.4 Å². The van der Waals surface area contributed by atoms with E-state index in [1.54, 1.807) is 6.92 Å². The standard InChI is InChI=1S/C15H17N5O3S/c1-12-17-18-15(23-12)11-19-6-8-20(9-7-19)24(21,22)14-4-2-13(10-16)3-5-14/h2-5H,6-9,11H2,1H3. The summed E-state index contributed by atoms with van der Waals surface area (Å²) in [6.07, 6.45) is 0. The van der Waals surface area contributed by atoms with Crippen LogP contribution in [-0.2, 0) is 16.6 Å². The highest BCUT2D eigenvalue weighted by atomic mass is 32.2. The highest BCUT2D eigenvalue weighted by Gasteiger charge is 2.28. The maximum absolute atomic E-state index is 12.6. The lowest BCUT2D eigenvalue weighted by molar-refractivity contribution is 0.167. The molecule has 0 spiro atoms. The number of sulfonamides is 1. The summed E-state index contributed by atoms with van der Waals surface area (Å²) >= 11 is 0. The normalized spacial score (nSPS) is 16.8. The minimum atomic E-state index is -3.53. The second kappa shape index (κ2) is 6.68. The minimum Gasteiger partial charge on any atom is -0.424 e. The maximum atomic E-state index is 12.6. The molecular formula is C15H17N5O3S. The molecule has 0 saturated carbocycles. The number of nitriles is 1. The number of aromatic nitrogens is 2. The van der Waals surface area contributed by atoms with Crippen molar-refractivity contribution in [3.63, 3.8) is 0 Å². The molecule has 1 aromatic carbocycles. The van der Waals surface area contributed by atoms with E-state index in [9.17, 15) is 8.42 Å². The van der Waals surface area contributed by atoms with Crippen molar-refractivity contribution in [2.75, 3.05) is 26.2 Å². The van der Waals surface area contributed by atoms with Gasteiger partial charge in [-0.2, -0.15) is 9.57 Å². The molecule has 1 aromatic heterocycles. The van der Waals surface area contributed by atoms with Crippen LogP contribution >= 0.6 is 0 Å². The number of piperazine rings is 1. The van der Waals surface area contributed by atoms with Gasteiger partial charge in [-0.25, -0.2) is 8.42 Å². The molecule has 1 aliphatic heterocycles. The van der Waals surface area contributed by atoms with Gasteiger partial charge in [-0.3, -0.25) is 4.90 Å². The largest absolute Gasteiger partial charge is 0.424 e. The second-order valence-corrected chi connectivity index (χ2v) is 7.47. The summed E-state index contributed by atoms with van der Waals surface area (Å²) in [6.45, 7) is 4.24. The van der Waals surface area contributed by atoms with Crippen molar-refractivity contribution in [1.82, 2.24) is 19.4 Å². The zero-order valence-electron chi connectivity index (χ0n) is 13.2. The lowest BCUT2D eigenvalue weighted by Crippen LogP contribution is -2.48. The Hall–Kier alpha value is -2.28. The van der Waals surface area contributed by atoms with Crippen LogP contribution in [0.1, 0.15) is 17.3 Å². The van der Waals surface area contributed by atoms with E-state index in [4.69, 9.17) is 9.68 Å². The highest BCUT2D eigenvalue weighted by molar-refractivity contribution is 7.89. The fraction of sp³-hybridized carbons (Fsp3) is 0.400. The molecular weight excluding hydrogens is 330 g/mol. The van der Waals surface area contributed by atoms with Gasteiger partial charge in [-0.15, -0.1) is 10.2 Å². The van der Waals surface area contributed by atoms with Crippen LogP contribution in [0.5, 0.6) is 0 Å². The van der Waals surface area contributed by atoms with E-state index in [1.165, 1.54) is 28.6 Å². The van der Waals surface area contributed by atoms with Gasteiger partial charge in [0, 0.05) is 33.1 Å². The van der Waals surface area contributed by atoms with Crippen LogP contribution in [0.2, 0.25) is 0 Å². The molecule has 126 valence electrons. The molecule has 1 fully saturated rings. The Morgan fingerprint density at radius 1 is 1.17 bits per heavy atom. The van der Waals surface area contributed by atoms with Crippen LogP contribution in [0.4, 0.5) is 0 Å². The van der Waals surface area contributed by atoms with Crippen molar-refractivity contribution in [1.29, 1.82) is 5.26 Å². The average Bonchev–Trinajstić information content (AvgIpc) is 3.00. The van der Waals surface area contributed by atoms with Gasteiger partial charge in [-0.1, -0.05) is 0 Å². The zero-order chi connectivity index (χ0) is 17.2. The number of hydrogen-bond acceptors (Lipinski definition) is 7. The summed E-state index contributed by atoms with van der Waals surface area (Å²) in [7, 11) is -3.53. The molecule has 3 rings (SSSR count). The van der Waals surface area contributed by atoms with Crippen LogP contribution in [0.15, 0.2) is 33.6 Å². The summed E-state index contributed by atoms with van der Waals surface area (Å²) in [6, 6.07) is 7.96. The zero-order valence-corrected chi connectivity index (χ0v) is 14.0. The first-order valence-corrected chi connectivity index (χ1v) is 8.95. The van der Waals surface area contributed by atoms with Gasteiger partial charge in [-0.05, 0) is 24.3 Å². The topological polar surface area (TPSA) is 103 Å². The van der Waals surface area contributed by atoms with E-state index in [-0.39, 0.29) is 4.90 Å². The van der Waals surface area contributed by atoms with Gasteiger partial charge in [0.25, 0.3) is 0 Å².